The molecule has 0 spiro atoms. The molecule has 3 aromatic heterocycles. The predicted octanol–water partition coefficient (Wildman–Crippen LogP) is 16.0. The van der Waals surface area contributed by atoms with Gasteiger partial charge < -0.3 is 18.2 Å². The Morgan fingerprint density at radius 3 is 1.71 bits per heavy atom. The summed E-state index contributed by atoms with van der Waals surface area (Å²) >= 11 is 0. The maximum absolute atomic E-state index is 14.9. The van der Waals surface area contributed by atoms with Gasteiger partial charge in [0.15, 0.2) is 11.4 Å². The van der Waals surface area contributed by atoms with E-state index in [1.54, 1.807) is 6.07 Å². The lowest BCUT2D eigenvalue weighted by atomic mass is 9.93. The number of benzene rings is 9. The Bertz CT molecular complexity index is 3580. The minimum absolute atomic E-state index is 0.260. The van der Waals surface area contributed by atoms with E-state index in [4.69, 9.17) is 13.3 Å². The van der Waals surface area contributed by atoms with Crippen LogP contribution in [0.5, 0.6) is 0 Å². The van der Waals surface area contributed by atoms with Gasteiger partial charge in [-0.15, -0.1) is 0 Å². The molecule has 59 heavy (non-hydrogen) atoms. The molecule has 0 aliphatic carbocycles. The van der Waals surface area contributed by atoms with Gasteiger partial charge in [-0.05, 0) is 94.5 Å². The van der Waals surface area contributed by atoms with Crippen LogP contribution < -0.4 is 4.90 Å². The van der Waals surface area contributed by atoms with E-state index >= 15 is 0 Å². The maximum Gasteiger partial charge on any atom is 0.171 e. The highest BCUT2D eigenvalue weighted by Gasteiger charge is 2.22. The Labute approximate surface area is 337 Å². The number of anilines is 3. The highest BCUT2D eigenvalue weighted by Crippen LogP contribution is 2.46. The first-order valence-electron chi connectivity index (χ1n) is 19.7. The largest absolute Gasteiger partial charge is 0.456 e. The summed E-state index contributed by atoms with van der Waals surface area (Å²) < 4.78 is 34.5. The van der Waals surface area contributed by atoms with Gasteiger partial charge in [0.1, 0.15) is 27.9 Å². The lowest BCUT2D eigenvalue weighted by Gasteiger charge is -2.26. The number of halogens is 1. The fourth-order valence-corrected chi connectivity index (χ4v) is 8.88. The number of hydrogen-bond acceptors (Lipinski definition) is 4. The van der Waals surface area contributed by atoms with Gasteiger partial charge in [-0.2, -0.15) is 0 Å². The van der Waals surface area contributed by atoms with Crippen molar-refractivity contribution >= 4 is 82.9 Å². The molecule has 0 aliphatic heterocycles. The quantitative estimate of drug-likeness (QED) is 0.169. The molecular formula is C54H32FNO3. The van der Waals surface area contributed by atoms with E-state index in [0.29, 0.717) is 5.58 Å². The monoisotopic (exact) mass is 761 g/mol. The second-order valence-corrected chi connectivity index (χ2v) is 14.9. The van der Waals surface area contributed by atoms with E-state index in [0.717, 1.165) is 99.5 Å². The van der Waals surface area contributed by atoms with Crippen LogP contribution in [0.2, 0.25) is 0 Å². The van der Waals surface area contributed by atoms with Crippen LogP contribution in [0.1, 0.15) is 0 Å². The van der Waals surface area contributed by atoms with Gasteiger partial charge in [0, 0.05) is 61.0 Å². The van der Waals surface area contributed by atoms with Crippen molar-refractivity contribution in [3.05, 3.63) is 200 Å². The molecule has 0 N–H and O–H groups in total. The summed E-state index contributed by atoms with van der Waals surface area (Å²) in [5.41, 5.74) is 13.3. The summed E-state index contributed by atoms with van der Waals surface area (Å²) in [5, 5.41) is 5.67. The summed E-state index contributed by atoms with van der Waals surface area (Å²) in [4.78, 5) is 2.27. The van der Waals surface area contributed by atoms with Crippen LogP contribution in [0, 0.1) is 5.82 Å². The number of furan rings is 3. The van der Waals surface area contributed by atoms with Crippen LogP contribution in [0.4, 0.5) is 21.5 Å². The lowest BCUT2D eigenvalue weighted by Crippen LogP contribution is -2.09. The number of nitrogens with zero attached hydrogens (tertiary/aromatic N) is 1. The number of rotatable bonds is 6. The molecular weight excluding hydrogens is 730 g/mol. The number of para-hydroxylation sites is 3. The second-order valence-electron chi connectivity index (χ2n) is 14.9. The standard InChI is InChI=1S/C54H32FNO3/c55-46-23-9-22-45-44-21-8-20-43(53(44)59-54(45)46)42-19-11-25-48-52(42)51-39(18-10-24-47(51)57-48)35-26-28-40-41-29-27-38(32-50(41)58-49(40)31-35)56(36-15-5-2-6-16-36)37-17-7-14-34(30-37)33-12-3-1-4-13-33/h1-32H. The summed E-state index contributed by atoms with van der Waals surface area (Å²) in [6.45, 7) is 0. The molecule has 0 aliphatic rings. The summed E-state index contributed by atoms with van der Waals surface area (Å²) in [7, 11) is 0. The van der Waals surface area contributed by atoms with Crippen molar-refractivity contribution < 1.29 is 17.6 Å². The molecule has 0 saturated carbocycles. The zero-order chi connectivity index (χ0) is 39.0. The molecule has 0 amide bonds. The molecule has 0 bridgehead atoms. The number of hydrogen-bond donors (Lipinski definition) is 0. The molecule has 12 rings (SSSR count). The van der Waals surface area contributed by atoms with Gasteiger partial charge >= 0.3 is 0 Å². The number of fused-ring (bicyclic) bond motifs is 9. The minimum Gasteiger partial charge on any atom is -0.456 e. The van der Waals surface area contributed by atoms with E-state index in [1.165, 1.54) is 11.6 Å². The normalized spacial score (nSPS) is 11.8. The molecule has 0 radical (unpaired) electrons. The average molecular weight is 762 g/mol. The molecule has 5 heteroatoms. The zero-order valence-electron chi connectivity index (χ0n) is 31.5. The summed E-state index contributed by atoms with van der Waals surface area (Å²) in [6, 6.07) is 65.8. The van der Waals surface area contributed by atoms with Crippen LogP contribution in [0.3, 0.4) is 0 Å². The first kappa shape index (κ1) is 33.3. The van der Waals surface area contributed by atoms with E-state index in [9.17, 15) is 4.39 Å². The summed E-state index contributed by atoms with van der Waals surface area (Å²) in [5.74, 6) is -0.377. The van der Waals surface area contributed by atoms with Crippen LogP contribution in [-0.2, 0) is 0 Å². The molecule has 12 aromatic rings. The Balaban J connectivity index is 0.997. The Morgan fingerprint density at radius 2 is 0.898 bits per heavy atom. The lowest BCUT2D eigenvalue weighted by molar-refractivity contribution is 0.584. The average Bonchev–Trinajstić information content (AvgIpc) is 3.99. The fraction of sp³-hybridized carbons (Fsp3) is 0. The topological polar surface area (TPSA) is 42.7 Å². The van der Waals surface area contributed by atoms with E-state index in [2.05, 4.69) is 126 Å². The van der Waals surface area contributed by atoms with Crippen molar-refractivity contribution in [3.8, 4) is 33.4 Å². The van der Waals surface area contributed by atoms with Crippen molar-refractivity contribution in [2.24, 2.45) is 0 Å². The SMILES string of the molecule is Fc1cccc2c1oc1c(-c3cccc4oc5cccc(-c6ccc7c(c6)oc6cc(N(c8ccccc8)c8cccc(-c9ccccc9)c8)ccc67)c5c34)cccc12. The highest BCUT2D eigenvalue weighted by molar-refractivity contribution is 6.21. The highest BCUT2D eigenvalue weighted by atomic mass is 19.1. The molecule has 3 heterocycles. The van der Waals surface area contributed by atoms with E-state index in [-0.39, 0.29) is 11.4 Å². The molecule has 0 saturated heterocycles. The third-order valence-corrected chi connectivity index (χ3v) is 11.5. The van der Waals surface area contributed by atoms with Gasteiger partial charge in [0.2, 0.25) is 0 Å². The molecule has 0 fully saturated rings. The van der Waals surface area contributed by atoms with Crippen molar-refractivity contribution in [2.75, 3.05) is 4.90 Å². The van der Waals surface area contributed by atoms with Crippen LogP contribution >= 0.6 is 0 Å². The van der Waals surface area contributed by atoms with Crippen LogP contribution in [0.15, 0.2) is 207 Å². The molecule has 9 aromatic carbocycles. The van der Waals surface area contributed by atoms with Crippen molar-refractivity contribution in [1.82, 2.24) is 0 Å². The fourth-order valence-electron chi connectivity index (χ4n) is 8.88. The van der Waals surface area contributed by atoms with Gasteiger partial charge in [0.25, 0.3) is 0 Å². The first-order chi connectivity index (χ1) is 29.2. The smallest absolute Gasteiger partial charge is 0.171 e. The van der Waals surface area contributed by atoms with E-state index < -0.39 is 0 Å². The van der Waals surface area contributed by atoms with Crippen molar-refractivity contribution in [2.45, 2.75) is 0 Å². The molecule has 0 atom stereocenters. The summed E-state index contributed by atoms with van der Waals surface area (Å²) in [6.07, 6.45) is 0. The molecule has 278 valence electrons. The maximum atomic E-state index is 14.9. The van der Waals surface area contributed by atoms with Crippen molar-refractivity contribution in [3.63, 3.8) is 0 Å². The second kappa shape index (κ2) is 13.1. The van der Waals surface area contributed by atoms with E-state index in [1.807, 2.05) is 60.7 Å². The minimum atomic E-state index is -0.377. The van der Waals surface area contributed by atoms with Gasteiger partial charge in [-0.25, -0.2) is 4.39 Å². The first-order valence-corrected chi connectivity index (χ1v) is 19.7. The Morgan fingerprint density at radius 1 is 0.322 bits per heavy atom. The Hall–Kier alpha value is -7.89. The molecule has 0 unspecified atom stereocenters. The zero-order valence-corrected chi connectivity index (χ0v) is 31.5. The van der Waals surface area contributed by atoms with Crippen LogP contribution in [-0.4, -0.2) is 0 Å². The molecule has 4 nitrogen and oxygen atoms in total. The third-order valence-electron chi connectivity index (χ3n) is 11.5. The van der Waals surface area contributed by atoms with Gasteiger partial charge in [0.05, 0.1) is 0 Å². The van der Waals surface area contributed by atoms with Gasteiger partial charge in [-0.1, -0.05) is 121 Å². The van der Waals surface area contributed by atoms with Gasteiger partial charge in [-0.3, -0.25) is 0 Å². The van der Waals surface area contributed by atoms with Crippen molar-refractivity contribution in [1.29, 1.82) is 0 Å². The Kier molecular flexibility index (Phi) is 7.38. The van der Waals surface area contributed by atoms with Crippen LogP contribution in [0.25, 0.3) is 99.2 Å². The third kappa shape index (κ3) is 5.29. The predicted molar refractivity (Wildman–Crippen MR) is 239 cm³/mol.